The van der Waals surface area contributed by atoms with Gasteiger partial charge in [0.05, 0.1) is 36.3 Å². The number of carbonyl (C=O) groups excluding carboxylic acids is 2. The number of carbonyl (C=O) groups is 2. The minimum Gasteiger partial charge on any atom is -0.466 e. The molecular formula is C19H20F3NO4. The van der Waals surface area contributed by atoms with Crippen LogP contribution in [0.5, 0.6) is 0 Å². The summed E-state index contributed by atoms with van der Waals surface area (Å²) in [6, 6.07) is 4.85. The number of hydrogen-bond acceptors (Lipinski definition) is 5. The van der Waals surface area contributed by atoms with Crippen molar-refractivity contribution in [3.05, 3.63) is 57.9 Å². The molecule has 0 bridgehead atoms. The van der Waals surface area contributed by atoms with Gasteiger partial charge < -0.3 is 14.8 Å². The number of ether oxygens (including phenoxy) is 2. The molecule has 1 aromatic rings. The summed E-state index contributed by atoms with van der Waals surface area (Å²) in [4.78, 5) is 24.9. The molecule has 1 heterocycles. The third kappa shape index (κ3) is 3.99. The van der Waals surface area contributed by atoms with Crippen LogP contribution in [-0.4, -0.2) is 25.7 Å². The van der Waals surface area contributed by atoms with Crippen LogP contribution in [0.1, 0.15) is 37.8 Å². The number of benzene rings is 1. The van der Waals surface area contributed by atoms with Gasteiger partial charge in [-0.25, -0.2) is 9.59 Å². The highest BCUT2D eigenvalue weighted by atomic mass is 19.4. The number of hydrogen-bond donors (Lipinski definition) is 1. The zero-order valence-electron chi connectivity index (χ0n) is 15.4. The van der Waals surface area contributed by atoms with E-state index in [1.54, 1.807) is 20.8 Å². The molecule has 27 heavy (non-hydrogen) atoms. The third-order valence-electron chi connectivity index (χ3n) is 4.24. The van der Waals surface area contributed by atoms with Gasteiger partial charge in [-0.1, -0.05) is 18.2 Å². The Morgan fingerprint density at radius 3 is 2.15 bits per heavy atom. The first kappa shape index (κ1) is 20.5. The zero-order valence-corrected chi connectivity index (χ0v) is 15.4. The molecule has 0 saturated heterocycles. The van der Waals surface area contributed by atoms with Gasteiger partial charge in [-0.15, -0.1) is 0 Å². The normalized spacial score (nSPS) is 17.5. The lowest BCUT2D eigenvalue weighted by Gasteiger charge is -2.31. The van der Waals surface area contributed by atoms with Crippen molar-refractivity contribution in [2.24, 2.45) is 0 Å². The van der Waals surface area contributed by atoms with Crippen molar-refractivity contribution in [3.63, 3.8) is 0 Å². The van der Waals surface area contributed by atoms with Gasteiger partial charge >= 0.3 is 18.1 Å². The van der Waals surface area contributed by atoms with Crippen LogP contribution in [0.25, 0.3) is 0 Å². The average molecular weight is 383 g/mol. The molecule has 0 amide bonds. The number of rotatable bonds is 4. The van der Waals surface area contributed by atoms with Crippen LogP contribution < -0.4 is 5.32 Å². The van der Waals surface area contributed by atoms with Crippen LogP contribution in [-0.2, 0) is 25.2 Å². The van der Waals surface area contributed by atoms with Gasteiger partial charge in [0.2, 0.25) is 0 Å². The van der Waals surface area contributed by atoms with Crippen LogP contribution in [0, 0.1) is 0 Å². The molecule has 1 atom stereocenters. The quantitative estimate of drug-likeness (QED) is 0.804. The van der Waals surface area contributed by atoms with Gasteiger partial charge in [0.15, 0.2) is 0 Å². The number of allylic oxidation sites excluding steroid dienone is 2. The van der Waals surface area contributed by atoms with Gasteiger partial charge in [-0.3, -0.25) is 0 Å². The molecule has 1 N–H and O–H groups in total. The van der Waals surface area contributed by atoms with Crippen molar-refractivity contribution in [2.75, 3.05) is 13.7 Å². The van der Waals surface area contributed by atoms with Gasteiger partial charge in [0, 0.05) is 11.4 Å². The van der Waals surface area contributed by atoms with Gasteiger partial charge in [0.1, 0.15) is 0 Å². The topological polar surface area (TPSA) is 64.6 Å². The summed E-state index contributed by atoms with van der Waals surface area (Å²) >= 11 is 0. The molecular weight excluding hydrogens is 363 g/mol. The molecule has 0 spiro atoms. The second kappa shape index (κ2) is 7.85. The van der Waals surface area contributed by atoms with E-state index in [2.05, 4.69) is 5.32 Å². The SMILES string of the molecule is CCOC(=O)C1=C(C)NC(C)=C(C(=O)OC)C1c1ccccc1C(F)(F)F. The standard InChI is InChI=1S/C19H20F3NO4/c1-5-27-18(25)15-11(3)23-10(2)14(17(24)26-4)16(15)12-8-6-7-9-13(12)19(20,21)22/h6-9,16,23H,5H2,1-4H3. The maximum absolute atomic E-state index is 13.6. The molecule has 0 radical (unpaired) electrons. The van der Waals surface area contributed by atoms with E-state index in [0.29, 0.717) is 11.4 Å². The fourth-order valence-electron chi connectivity index (χ4n) is 3.17. The number of halogens is 3. The minimum atomic E-state index is -4.66. The lowest BCUT2D eigenvalue weighted by molar-refractivity contribution is -0.141. The van der Waals surface area contributed by atoms with Crippen LogP contribution in [0.3, 0.4) is 0 Å². The summed E-state index contributed by atoms with van der Waals surface area (Å²) in [5.74, 6) is -2.88. The van der Waals surface area contributed by atoms with Gasteiger partial charge in [-0.2, -0.15) is 13.2 Å². The van der Waals surface area contributed by atoms with E-state index in [-0.39, 0.29) is 23.3 Å². The minimum absolute atomic E-state index is 0.0412. The molecule has 1 aliphatic rings. The molecule has 2 rings (SSSR count). The van der Waals surface area contributed by atoms with Crippen molar-refractivity contribution in [2.45, 2.75) is 32.9 Å². The number of methoxy groups -OCH3 is 1. The summed E-state index contributed by atoms with van der Waals surface area (Å²) < 4.78 is 50.6. The first-order valence-corrected chi connectivity index (χ1v) is 8.23. The Kier molecular flexibility index (Phi) is 5.98. The molecule has 146 valence electrons. The maximum atomic E-state index is 13.6. The van der Waals surface area contributed by atoms with Gasteiger partial charge in [-0.05, 0) is 32.4 Å². The summed E-state index contributed by atoms with van der Waals surface area (Å²) in [6.07, 6.45) is -4.66. The summed E-state index contributed by atoms with van der Waals surface area (Å²) in [5.41, 5.74) is -0.633. The van der Waals surface area contributed by atoms with Crippen molar-refractivity contribution in [1.82, 2.24) is 5.32 Å². The number of nitrogens with one attached hydrogen (secondary N) is 1. The largest absolute Gasteiger partial charge is 0.466 e. The van der Waals surface area contributed by atoms with E-state index in [1.807, 2.05) is 0 Å². The monoisotopic (exact) mass is 383 g/mol. The highest BCUT2D eigenvalue weighted by Crippen LogP contribution is 2.44. The fraction of sp³-hybridized carbons (Fsp3) is 0.368. The van der Waals surface area contributed by atoms with Crippen molar-refractivity contribution in [3.8, 4) is 0 Å². The number of alkyl halides is 3. The molecule has 8 heteroatoms. The predicted molar refractivity (Wildman–Crippen MR) is 91.4 cm³/mol. The maximum Gasteiger partial charge on any atom is 0.416 e. The first-order valence-electron chi connectivity index (χ1n) is 8.23. The lowest BCUT2D eigenvalue weighted by Crippen LogP contribution is -2.33. The Labute approximate surface area is 154 Å². The summed E-state index contributed by atoms with van der Waals surface area (Å²) in [6.45, 7) is 4.72. The molecule has 1 aliphatic heterocycles. The van der Waals surface area contributed by atoms with Crippen molar-refractivity contribution >= 4 is 11.9 Å². The Morgan fingerprint density at radius 2 is 1.63 bits per heavy atom. The molecule has 0 saturated carbocycles. The zero-order chi connectivity index (χ0) is 20.4. The van der Waals surface area contributed by atoms with E-state index in [9.17, 15) is 22.8 Å². The third-order valence-corrected chi connectivity index (χ3v) is 4.24. The smallest absolute Gasteiger partial charge is 0.416 e. The van der Waals surface area contributed by atoms with Crippen LogP contribution in [0.2, 0.25) is 0 Å². The molecule has 0 aliphatic carbocycles. The number of dihydropyridines is 1. The van der Waals surface area contributed by atoms with Crippen molar-refractivity contribution in [1.29, 1.82) is 0 Å². The lowest BCUT2D eigenvalue weighted by atomic mass is 9.78. The van der Waals surface area contributed by atoms with Crippen LogP contribution in [0.15, 0.2) is 46.8 Å². The Hall–Kier alpha value is -2.77. The Balaban J connectivity index is 2.80. The molecule has 0 fully saturated rings. The summed E-state index contributed by atoms with van der Waals surface area (Å²) in [7, 11) is 1.13. The summed E-state index contributed by atoms with van der Waals surface area (Å²) in [5, 5.41) is 2.87. The highest BCUT2D eigenvalue weighted by Gasteiger charge is 2.42. The van der Waals surface area contributed by atoms with E-state index < -0.39 is 29.6 Å². The highest BCUT2D eigenvalue weighted by molar-refractivity contribution is 6.00. The molecule has 5 nitrogen and oxygen atoms in total. The van der Waals surface area contributed by atoms with E-state index in [4.69, 9.17) is 9.47 Å². The van der Waals surface area contributed by atoms with E-state index in [1.165, 1.54) is 18.2 Å². The first-order chi connectivity index (χ1) is 12.6. The number of esters is 2. The average Bonchev–Trinajstić information content (AvgIpc) is 2.59. The van der Waals surface area contributed by atoms with Crippen molar-refractivity contribution < 1.29 is 32.2 Å². The molecule has 0 aromatic heterocycles. The van der Waals surface area contributed by atoms with Crippen LogP contribution in [0.4, 0.5) is 13.2 Å². The van der Waals surface area contributed by atoms with E-state index in [0.717, 1.165) is 13.2 Å². The second-order valence-electron chi connectivity index (χ2n) is 5.93. The van der Waals surface area contributed by atoms with Crippen LogP contribution >= 0.6 is 0 Å². The Bertz CT molecular complexity index is 824. The van der Waals surface area contributed by atoms with E-state index >= 15 is 0 Å². The fourth-order valence-corrected chi connectivity index (χ4v) is 3.17. The second-order valence-corrected chi connectivity index (χ2v) is 5.93. The van der Waals surface area contributed by atoms with Gasteiger partial charge in [0.25, 0.3) is 0 Å². The predicted octanol–water partition coefficient (Wildman–Crippen LogP) is 3.68. The molecule has 1 aromatic carbocycles. The Morgan fingerprint density at radius 1 is 1.07 bits per heavy atom. The molecule has 1 unspecified atom stereocenters.